The Labute approximate surface area is 97.3 Å². The third-order valence-corrected chi connectivity index (χ3v) is 2.32. The van der Waals surface area contributed by atoms with E-state index in [1.807, 2.05) is 5.43 Å². The Hall–Kier alpha value is -0.970. The van der Waals surface area contributed by atoms with Gasteiger partial charge in [0.05, 0.1) is 10.0 Å². The number of hydrogen-bond donors (Lipinski definition) is 2. The molecule has 6 heteroatoms. The number of ether oxygens (including phenoxy) is 1. The summed E-state index contributed by atoms with van der Waals surface area (Å²) in [7, 11) is 0. The molecule has 1 amide bonds. The number of carbonyl (C=O) groups excluding carboxylic acids is 1. The number of rotatable bonds is 3. The highest BCUT2D eigenvalue weighted by Crippen LogP contribution is 2.32. The molecule has 0 aliphatic carbocycles. The standard InChI is InChI=1S/C9H10Cl2N2O2/c1-5(9(14)13-12)15-8-6(10)3-2-4-7(8)11/h2-5H,12H2,1H3,(H,13,14)/t5-/m1/s1. The van der Waals surface area contributed by atoms with Gasteiger partial charge < -0.3 is 4.74 Å². The van der Waals surface area contributed by atoms with Gasteiger partial charge in [0.15, 0.2) is 11.9 Å². The van der Waals surface area contributed by atoms with E-state index in [2.05, 4.69) is 0 Å². The average molecular weight is 249 g/mol. The fraction of sp³-hybridized carbons (Fsp3) is 0.222. The second-order valence-electron chi connectivity index (χ2n) is 2.82. The molecule has 3 N–H and O–H groups in total. The van der Waals surface area contributed by atoms with Crippen LogP contribution in [0.5, 0.6) is 5.75 Å². The summed E-state index contributed by atoms with van der Waals surface area (Å²) in [6.45, 7) is 1.54. The summed E-state index contributed by atoms with van der Waals surface area (Å²) < 4.78 is 5.27. The van der Waals surface area contributed by atoms with Crippen LogP contribution >= 0.6 is 23.2 Å². The summed E-state index contributed by atoms with van der Waals surface area (Å²) >= 11 is 11.7. The summed E-state index contributed by atoms with van der Waals surface area (Å²) in [5.74, 6) is 4.78. The zero-order chi connectivity index (χ0) is 11.4. The molecular formula is C9H10Cl2N2O2. The van der Waals surface area contributed by atoms with Gasteiger partial charge in [0.1, 0.15) is 0 Å². The summed E-state index contributed by atoms with van der Waals surface area (Å²) in [6, 6.07) is 4.93. The molecule has 1 atom stereocenters. The van der Waals surface area contributed by atoms with Gasteiger partial charge in [-0.3, -0.25) is 10.2 Å². The third kappa shape index (κ3) is 2.99. The number of hydrazine groups is 1. The Balaban J connectivity index is 2.85. The monoisotopic (exact) mass is 248 g/mol. The predicted octanol–water partition coefficient (Wildman–Crippen LogP) is 1.75. The van der Waals surface area contributed by atoms with E-state index in [4.69, 9.17) is 33.8 Å². The van der Waals surface area contributed by atoms with Crippen LogP contribution in [0.1, 0.15) is 6.92 Å². The van der Waals surface area contributed by atoms with Gasteiger partial charge in [0.25, 0.3) is 5.91 Å². The van der Waals surface area contributed by atoms with Crippen LogP contribution < -0.4 is 16.0 Å². The van der Waals surface area contributed by atoms with Crippen LogP contribution in [-0.2, 0) is 4.79 Å². The largest absolute Gasteiger partial charge is 0.478 e. The molecule has 1 aromatic carbocycles. The molecule has 0 aromatic heterocycles. The zero-order valence-corrected chi connectivity index (χ0v) is 9.47. The number of para-hydroxylation sites is 1. The number of nitrogens with two attached hydrogens (primary N) is 1. The van der Waals surface area contributed by atoms with Crippen LogP contribution in [0.2, 0.25) is 10.0 Å². The molecule has 0 aliphatic heterocycles. The van der Waals surface area contributed by atoms with Gasteiger partial charge in [-0.2, -0.15) is 0 Å². The van der Waals surface area contributed by atoms with Crippen molar-refractivity contribution in [1.82, 2.24) is 5.43 Å². The summed E-state index contributed by atoms with van der Waals surface area (Å²) in [5, 5.41) is 0.693. The first kappa shape index (κ1) is 12.1. The first-order valence-electron chi connectivity index (χ1n) is 4.17. The Kier molecular flexibility index (Phi) is 4.20. The van der Waals surface area contributed by atoms with E-state index in [1.165, 1.54) is 0 Å². The first-order chi connectivity index (χ1) is 7.06. The van der Waals surface area contributed by atoms with Gasteiger partial charge in [0, 0.05) is 0 Å². The number of benzene rings is 1. The number of nitrogens with one attached hydrogen (secondary N) is 1. The fourth-order valence-electron chi connectivity index (χ4n) is 0.943. The predicted molar refractivity (Wildman–Crippen MR) is 58.9 cm³/mol. The van der Waals surface area contributed by atoms with E-state index in [0.717, 1.165) is 0 Å². The molecule has 1 rings (SSSR count). The third-order valence-electron chi connectivity index (χ3n) is 1.73. The maximum atomic E-state index is 11.1. The molecule has 0 saturated carbocycles. The molecule has 0 unspecified atom stereocenters. The molecule has 0 spiro atoms. The maximum Gasteiger partial charge on any atom is 0.274 e. The molecule has 0 radical (unpaired) electrons. The van der Waals surface area contributed by atoms with Crippen LogP contribution in [0.25, 0.3) is 0 Å². The van der Waals surface area contributed by atoms with Crippen LogP contribution in [-0.4, -0.2) is 12.0 Å². The van der Waals surface area contributed by atoms with Crippen molar-refractivity contribution in [1.29, 1.82) is 0 Å². The van der Waals surface area contributed by atoms with Gasteiger partial charge in [-0.05, 0) is 19.1 Å². The second kappa shape index (κ2) is 5.21. The topological polar surface area (TPSA) is 64.3 Å². The fourth-order valence-corrected chi connectivity index (χ4v) is 1.43. The molecule has 4 nitrogen and oxygen atoms in total. The van der Waals surface area contributed by atoms with Crippen LogP contribution in [0.15, 0.2) is 18.2 Å². The van der Waals surface area contributed by atoms with Crippen molar-refractivity contribution in [2.24, 2.45) is 5.84 Å². The SMILES string of the molecule is C[C@@H](Oc1c(Cl)cccc1Cl)C(=O)NN. The molecule has 82 valence electrons. The van der Waals surface area contributed by atoms with E-state index in [9.17, 15) is 4.79 Å². The summed E-state index contributed by atoms with van der Waals surface area (Å²) in [6.07, 6.45) is -0.757. The van der Waals surface area contributed by atoms with Gasteiger partial charge in [0.2, 0.25) is 0 Å². The van der Waals surface area contributed by atoms with Crippen LogP contribution in [0.4, 0.5) is 0 Å². The molecule has 0 bridgehead atoms. The quantitative estimate of drug-likeness (QED) is 0.487. The highest BCUT2D eigenvalue weighted by molar-refractivity contribution is 6.37. The summed E-state index contributed by atoms with van der Waals surface area (Å²) in [4.78, 5) is 11.1. The van der Waals surface area contributed by atoms with Crippen LogP contribution in [0.3, 0.4) is 0 Å². The lowest BCUT2D eigenvalue weighted by molar-refractivity contribution is -0.127. The molecule has 0 fully saturated rings. The van der Waals surface area contributed by atoms with Gasteiger partial charge in [-0.15, -0.1) is 0 Å². The Morgan fingerprint density at radius 1 is 1.47 bits per heavy atom. The van der Waals surface area contributed by atoms with Gasteiger partial charge in [-0.25, -0.2) is 5.84 Å². The molecule has 15 heavy (non-hydrogen) atoms. The lowest BCUT2D eigenvalue weighted by Gasteiger charge is -2.14. The van der Waals surface area contributed by atoms with E-state index in [0.29, 0.717) is 10.0 Å². The molecular weight excluding hydrogens is 239 g/mol. The minimum atomic E-state index is -0.757. The highest BCUT2D eigenvalue weighted by Gasteiger charge is 2.16. The number of hydrogen-bond acceptors (Lipinski definition) is 3. The Morgan fingerprint density at radius 3 is 2.47 bits per heavy atom. The number of halogens is 2. The summed E-state index contributed by atoms with van der Waals surface area (Å²) in [5.41, 5.74) is 1.97. The minimum Gasteiger partial charge on any atom is -0.478 e. The smallest absolute Gasteiger partial charge is 0.274 e. The van der Waals surface area contributed by atoms with Crippen molar-refractivity contribution in [3.05, 3.63) is 28.2 Å². The van der Waals surface area contributed by atoms with Crippen molar-refractivity contribution in [2.75, 3.05) is 0 Å². The average Bonchev–Trinajstić information content (AvgIpc) is 2.22. The van der Waals surface area contributed by atoms with E-state index < -0.39 is 12.0 Å². The molecule has 0 aliphatic rings. The van der Waals surface area contributed by atoms with Crippen molar-refractivity contribution in [3.63, 3.8) is 0 Å². The van der Waals surface area contributed by atoms with Crippen molar-refractivity contribution in [2.45, 2.75) is 13.0 Å². The van der Waals surface area contributed by atoms with Crippen molar-refractivity contribution < 1.29 is 9.53 Å². The van der Waals surface area contributed by atoms with Gasteiger partial charge >= 0.3 is 0 Å². The highest BCUT2D eigenvalue weighted by atomic mass is 35.5. The van der Waals surface area contributed by atoms with E-state index in [1.54, 1.807) is 25.1 Å². The second-order valence-corrected chi connectivity index (χ2v) is 3.63. The van der Waals surface area contributed by atoms with Crippen molar-refractivity contribution in [3.8, 4) is 5.75 Å². The normalized spacial score (nSPS) is 12.0. The number of amides is 1. The number of carbonyl (C=O) groups is 1. The lowest BCUT2D eigenvalue weighted by Crippen LogP contribution is -2.40. The van der Waals surface area contributed by atoms with Crippen LogP contribution in [0, 0.1) is 0 Å². The molecule has 0 heterocycles. The van der Waals surface area contributed by atoms with Crippen molar-refractivity contribution >= 4 is 29.1 Å². The Bertz CT molecular complexity index is 351. The molecule has 0 saturated heterocycles. The van der Waals surface area contributed by atoms with E-state index >= 15 is 0 Å². The lowest BCUT2D eigenvalue weighted by atomic mass is 10.3. The zero-order valence-electron chi connectivity index (χ0n) is 7.96. The first-order valence-corrected chi connectivity index (χ1v) is 4.93. The van der Waals surface area contributed by atoms with E-state index in [-0.39, 0.29) is 5.75 Å². The maximum absolute atomic E-state index is 11.1. The van der Waals surface area contributed by atoms with Gasteiger partial charge in [-0.1, -0.05) is 29.3 Å². The minimum absolute atomic E-state index is 0.275. The molecule has 1 aromatic rings. The Morgan fingerprint density at radius 2 is 2.00 bits per heavy atom.